The molecule has 182 valence electrons. The number of carbonyl (C=O) groups excluding carboxylic acids is 1. The Hall–Kier alpha value is -1.83. The van der Waals surface area contributed by atoms with E-state index in [1.807, 2.05) is 0 Å². The van der Waals surface area contributed by atoms with Crippen LogP contribution in [0.15, 0.2) is 46.3 Å². The van der Waals surface area contributed by atoms with E-state index in [0.717, 1.165) is 22.9 Å². The van der Waals surface area contributed by atoms with Crippen molar-refractivity contribution in [3.63, 3.8) is 0 Å². The van der Waals surface area contributed by atoms with Crippen LogP contribution >= 0.6 is 35.1 Å². The van der Waals surface area contributed by atoms with Gasteiger partial charge in [-0.25, -0.2) is 13.4 Å². The Labute approximate surface area is 209 Å². The fraction of sp³-hybridized carbons (Fsp3) is 0.250. The Morgan fingerprint density at radius 1 is 1.12 bits per heavy atom. The van der Waals surface area contributed by atoms with Crippen LogP contribution in [0.1, 0.15) is 0 Å². The van der Waals surface area contributed by atoms with Crippen molar-refractivity contribution in [3.05, 3.63) is 52.4 Å². The van der Waals surface area contributed by atoms with E-state index in [0.29, 0.717) is 26.6 Å². The van der Waals surface area contributed by atoms with Crippen LogP contribution in [0.2, 0.25) is 10.0 Å². The summed E-state index contributed by atoms with van der Waals surface area (Å²) in [5, 5.41) is 1.40. The fourth-order valence-corrected chi connectivity index (χ4v) is 5.73. The van der Waals surface area contributed by atoms with Gasteiger partial charge in [-0.2, -0.15) is 13.2 Å². The lowest BCUT2D eigenvalue weighted by Gasteiger charge is -2.34. The average Bonchev–Trinajstić information content (AvgIpc) is 3.19. The van der Waals surface area contributed by atoms with Crippen LogP contribution in [-0.4, -0.2) is 57.0 Å². The van der Waals surface area contributed by atoms with E-state index in [2.05, 4.69) is 9.71 Å². The maximum Gasteiger partial charge on any atom is 0.471 e. The second-order valence-corrected chi connectivity index (χ2v) is 10.4. The number of nitrogens with one attached hydrogen (secondary N) is 2. The molecule has 1 fully saturated rings. The number of hydrogen-bond acceptors (Lipinski definition) is 5. The number of rotatable bonds is 5. The molecule has 34 heavy (non-hydrogen) atoms. The Kier molecular flexibility index (Phi) is 7.46. The molecule has 0 bridgehead atoms. The first-order valence-electron chi connectivity index (χ1n) is 9.76. The van der Waals surface area contributed by atoms with Crippen molar-refractivity contribution in [2.45, 2.75) is 16.0 Å². The van der Waals surface area contributed by atoms with Crippen molar-refractivity contribution in [2.24, 2.45) is 0 Å². The molecule has 0 radical (unpaired) electrons. The molecular formula is C20H16Cl2F4N4O2S2. The Bertz CT molecular complexity index is 1220. The van der Waals surface area contributed by atoms with Crippen LogP contribution in [-0.2, 0) is 16.2 Å². The second-order valence-electron chi connectivity index (χ2n) is 7.25. The molecule has 0 spiro atoms. The molecule has 1 amide bonds. The highest BCUT2D eigenvalue weighted by Crippen LogP contribution is 2.36. The van der Waals surface area contributed by atoms with Crippen LogP contribution < -0.4 is 4.72 Å². The topological polar surface area (TPSA) is 74.4 Å². The molecule has 2 aromatic carbocycles. The maximum atomic E-state index is 14.7. The number of aromatic nitrogens is 1. The van der Waals surface area contributed by atoms with Gasteiger partial charge in [0.15, 0.2) is 4.90 Å². The first-order valence-corrected chi connectivity index (χ1v) is 12.4. The summed E-state index contributed by atoms with van der Waals surface area (Å²) >= 11 is 11.5. The van der Waals surface area contributed by atoms with Gasteiger partial charge in [-0.1, -0.05) is 23.2 Å². The third kappa shape index (κ3) is 5.37. The molecule has 3 aromatic rings. The van der Waals surface area contributed by atoms with Gasteiger partial charge in [-0.15, -0.1) is 0 Å². The largest absolute Gasteiger partial charge is 0.588 e. The van der Waals surface area contributed by atoms with Crippen molar-refractivity contribution in [1.29, 1.82) is 0 Å². The van der Waals surface area contributed by atoms with Gasteiger partial charge >= 0.3 is 12.1 Å². The van der Waals surface area contributed by atoms with Gasteiger partial charge in [0.05, 0.1) is 20.5 Å². The summed E-state index contributed by atoms with van der Waals surface area (Å²) < 4.78 is 69.7. The number of piperazine rings is 1. The van der Waals surface area contributed by atoms with E-state index >= 15 is 0 Å². The summed E-state index contributed by atoms with van der Waals surface area (Å²) in [5.74, 6) is -2.50. The summed E-state index contributed by atoms with van der Waals surface area (Å²) in [4.78, 5) is 15.4. The number of aromatic amines is 1. The Morgan fingerprint density at radius 2 is 1.82 bits per heavy atom. The number of fused-ring (bicyclic) bond motifs is 1. The number of H-pyrrole nitrogens is 1. The van der Waals surface area contributed by atoms with Crippen molar-refractivity contribution in [1.82, 2.24) is 14.2 Å². The van der Waals surface area contributed by atoms with Crippen LogP contribution in [0, 0.1) is 5.82 Å². The van der Waals surface area contributed by atoms with Crippen LogP contribution in [0.5, 0.6) is 0 Å². The molecule has 1 aromatic heterocycles. The normalized spacial score (nSPS) is 16.1. The molecule has 14 heteroatoms. The zero-order valence-electron chi connectivity index (χ0n) is 17.1. The van der Waals surface area contributed by atoms with Gasteiger partial charge in [0, 0.05) is 43.8 Å². The quantitative estimate of drug-likeness (QED) is 0.249. The fourth-order valence-electron chi connectivity index (χ4n) is 3.38. The summed E-state index contributed by atoms with van der Waals surface area (Å²) in [6.45, 7) is 0.0630. The first-order chi connectivity index (χ1) is 16.0. The number of benzene rings is 2. The SMILES string of the molecule is O=C(N1CCN(Sc2ccc([S+]([O-])Nc3ccc(Cl)c4c(Cl)c[nH]c34)cc2F)CC1)C(F)(F)F. The maximum absolute atomic E-state index is 14.7. The molecule has 2 N–H and O–H groups in total. The zero-order valence-corrected chi connectivity index (χ0v) is 20.2. The number of alkyl halides is 3. The predicted octanol–water partition coefficient (Wildman–Crippen LogP) is 5.46. The lowest BCUT2D eigenvalue weighted by molar-refractivity contribution is -0.186. The number of nitrogens with zero attached hydrogens (tertiary/aromatic N) is 2. The van der Waals surface area contributed by atoms with E-state index in [1.165, 1.54) is 12.1 Å². The van der Waals surface area contributed by atoms with Crippen LogP contribution in [0.25, 0.3) is 10.9 Å². The molecule has 4 rings (SSSR count). The summed E-state index contributed by atoms with van der Waals surface area (Å²) in [7, 11) is 0. The van der Waals surface area contributed by atoms with Gasteiger partial charge in [0.2, 0.25) is 0 Å². The number of halogens is 6. The van der Waals surface area contributed by atoms with E-state index in [1.54, 1.807) is 22.6 Å². The third-order valence-electron chi connectivity index (χ3n) is 5.05. The second kappa shape index (κ2) is 10.0. The molecule has 0 saturated carbocycles. The summed E-state index contributed by atoms with van der Waals surface area (Å²) in [6.07, 6.45) is -3.36. The monoisotopic (exact) mass is 554 g/mol. The Morgan fingerprint density at radius 3 is 2.47 bits per heavy atom. The minimum Gasteiger partial charge on any atom is -0.588 e. The molecule has 6 nitrogen and oxygen atoms in total. The summed E-state index contributed by atoms with van der Waals surface area (Å²) in [6, 6.07) is 7.30. The molecule has 1 saturated heterocycles. The molecule has 0 aliphatic carbocycles. The lowest BCUT2D eigenvalue weighted by Crippen LogP contribution is -2.50. The molecule has 1 aliphatic rings. The van der Waals surface area contributed by atoms with Crippen LogP contribution in [0.3, 0.4) is 0 Å². The number of carbonyl (C=O) groups is 1. The molecule has 1 unspecified atom stereocenters. The summed E-state index contributed by atoms with van der Waals surface area (Å²) in [5.41, 5.74) is 1.02. The third-order valence-corrected chi connectivity index (χ3v) is 7.90. The number of amides is 1. The molecule has 1 aliphatic heterocycles. The molecular weight excluding hydrogens is 539 g/mol. The van der Waals surface area contributed by atoms with E-state index in [4.69, 9.17) is 23.2 Å². The predicted molar refractivity (Wildman–Crippen MR) is 125 cm³/mol. The highest BCUT2D eigenvalue weighted by Gasteiger charge is 2.43. The number of anilines is 1. The van der Waals surface area contributed by atoms with E-state index in [-0.39, 0.29) is 36.0 Å². The first kappa shape index (κ1) is 25.3. The van der Waals surface area contributed by atoms with Gasteiger partial charge < -0.3 is 14.4 Å². The van der Waals surface area contributed by atoms with Crippen molar-refractivity contribution in [2.75, 3.05) is 30.9 Å². The molecule has 1 atom stereocenters. The Balaban J connectivity index is 1.40. The van der Waals surface area contributed by atoms with E-state index in [9.17, 15) is 26.9 Å². The van der Waals surface area contributed by atoms with Crippen LogP contribution in [0.4, 0.5) is 23.2 Å². The van der Waals surface area contributed by atoms with Crippen molar-refractivity contribution >= 4 is 69.0 Å². The number of hydrogen-bond donors (Lipinski definition) is 2. The van der Waals surface area contributed by atoms with Gasteiger partial charge in [-0.3, -0.25) is 4.79 Å². The molecule has 2 heterocycles. The minimum atomic E-state index is -4.91. The minimum absolute atomic E-state index is 0.114. The van der Waals surface area contributed by atoms with E-state index < -0.39 is 29.3 Å². The highest BCUT2D eigenvalue weighted by molar-refractivity contribution is 7.97. The average molecular weight is 555 g/mol. The van der Waals surface area contributed by atoms with Gasteiger partial charge in [0.25, 0.3) is 0 Å². The zero-order chi connectivity index (χ0) is 24.6. The van der Waals surface area contributed by atoms with Gasteiger partial charge in [0.1, 0.15) is 22.9 Å². The standard InChI is InChI=1S/C20H16Cl2F4N4O2S2/c21-12-2-3-15(18-17(12)13(22)10-27-18)28-34(32)11-1-4-16(14(23)9-11)33-30-7-5-29(6-8-30)19(31)20(24,25)26/h1-4,9-10,27-28H,5-8H2. The van der Waals surface area contributed by atoms with Gasteiger partial charge in [-0.05, 0) is 36.2 Å². The van der Waals surface area contributed by atoms with Crippen molar-refractivity contribution < 1.29 is 26.9 Å². The highest BCUT2D eigenvalue weighted by atomic mass is 35.5. The lowest BCUT2D eigenvalue weighted by atomic mass is 10.2. The smallest absolute Gasteiger partial charge is 0.471 e. The van der Waals surface area contributed by atoms with Crippen molar-refractivity contribution in [3.8, 4) is 0 Å².